The van der Waals surface area contributed by atoms with Gasteiger partial charge in [0.25, 0.3) is 0 Å². The van der Waals surface area contributed by atoms with Crippen molar-refractivity contribution in [3.8, 4) is 0 Å². The molecule has 0 heterocycles. The predicted octanol–water partition coefficient (Wildman–Crippen LogP) is 10.7. The molecular weight excluding hydrogens is 396 g/mol. The van der Waals surface area contributed by atoms with Gasteiger partial charge in [0.1, 0.15) is 0 Å². The van der Waals surface area contributed by atoms with Crippen LogP contribution in [-0.2, 0) is 0 Å². The molecule has 0 saturated heterocycles. The van der Waals surface area contributed by atoms with E-state index >= 15 is 0 Å². The molecule has 2 rings (SSSR count). The highest BCUT2D eigenvalue weighted by Gasteiger charge is 2.39. The zero-order valence-corrected chi connectivity index (χ0v) is 23.8. The molecule has 0 radical (unpaired) electrons. The van der Waals surface area contributed by atoms with Crippen molar-refractivity contribution in [2.24, 2.45) is 39.9 Å². The number of allylic oxidation sites excluding steroid dienone is 6. The number of hydrogen-bond donors (Lipinski definition) is 0. The van der Waals surface area contributed by atoms with Crippen LogP contribution in [0.15, 0.2) is 48.1 Å². The van der Waals surface area contributed by atoms with Crippen molar-refractivity contribution in [1.82, 2.24) is 0 Å². The summed E-state index contributed by atoms with van der Waals surface area (Å²) < 4.78 is 0. The number of hydrogen-bond acceptors (Lipinski definition) is 0. The standard InChI is InChI=1S/C33H56/c1-12-33(11,22-20-25(3)29-17-16-27(5)31(7,8)23-29)21-19-24(2)13-18-30-26(4)14-15-28(6)32(30,9)10/h12,19,21,24,27-28,30H,1,4,13-18,20,22-23H2,2-3,5-11H3/b21-19+,29-25+. The third kappa shape index (κ3) is 7.22. The molecule has 2 fully saturated rings. The molecular formula is C33H56. The second kappa shape index (κ2) is 11.1. The van der Waals surface area contributed by atoms with Crippen LogP contribution >= 0.6 is 0 Å². The Hall–Kier alpha value is -1.04. The summed E-state index contributed by atoms with van der Waals surface area (Å²) in [6.07, 6.45) is 18.4. The van der Waals surface area contributed by atoms with Gasteiger partial charge in [0.2, 0.25) is 0 Å². The molecule has 0 aromatic heterocycles. The Bertz CT molecular complexity index is 742. The molecule has 33 heavy (non-hydrogen) atoms. The van der Waals surface area contributed by atoms with Crippen LogP contribution in [0.3, 0.4) is 0 Å². The van der Waals surface area contributed by atoms with Crippen LogP contribution < -0.4 is 0 Å². The van der Waals surface area contributed by atoms with E-state index < -0.39 is 0 Å². The molecule has 0 nitrogen and oxygen atoms in total. The van der Waals surface area contributed by atoms with Gasteiger partial charge in [-0.25, -0.2) is 0 Å². The van der Waals surface area contributed by atoms with Crippen molar-refractivity contribution in [3.63, 3.8) is 0 Å². The van der Waals surface area contributed by atoms with E-state index in [0.717, 1.165) is 18.3 Å². The van der Waals surface area contributed by atoms with Crippen LogP contribution in [0.2, 0.25) is 0 Å². The van der Waals surface area contributed by atoms with Gasteiger partial charge in [-0.1, -0.05) is 96.9 Å². The summed E-state index contributed by atoms with van der Waals surface area (Å²) in [4.78, 5) is 0. The van der Waals surface area contributed by atoms with E-state index in [9.17, 15) is 0 Å². The lowest BCUT2D eigenvalue weighted by Crippen LogP contribution is -2.36. The summed E-state index contributed by atoms with van der Waals surface area (Å²) in [6.45, 7) is 30.5. The van der Waals surface area contributed by atoms with Crippen molar-refractivity contribution < 1.29 is 0 Å². The van der Waals surface area contributed by atoms with Gasteiger partial charge in [-0.15, -0.1) is 6.58 Å². The average molecular weight is 453 g/mol. The summed E-state index contributed by atoms with van der Waals surface area (Å²) in [5.41, 5.74) is 5.76. The van der Waals surface area contributed by atoms with Crippen LogP contribution in [0, 0.1) is 39.9 Å². The summed E-state index contributed by atoms with van der Waals surface area (Å²) in [5, 5.41) is 0. The van der Waals surface area contributed by atoms with Crippen molar-refractivity contribution >= 4 is 0 Å². The molecule has 0 heteroatoms. The van der Waals surface area contributed by atoms with Gasteiger partial charge in [-0.3, -0.25) is 0 Å². The average Bonchev–Trinajstić information content (AvgIpc) is 2.75. The predicted molar refractivity (Wildman–Crippen MR) is 149 cm³/mol. The van der Waals surface area contributed by atoms with E-state index in [2.05, 4.69) is 93.7 Å². The SMILES string of the molecule is C=CC(C)(/C=C/C(C)CCC1C(=C)CCC(C)C1(C)C)CC/C(C)=C1\CCC(C)C(C)(C)C1. The fraction of sp³-hybridized carbons (Fsp3) is 0.758. The molecule has 2 aliphatic rings. The fourth-order valence-electron chi connectivity index (χ4n) is 6.15. The van der Waals surface area contributed by atoms with E-state index in [0.29, 0.717) is 22.7 Å². The first kappa shape index (κ1) is 28.2. The van der Waals surface area contributed by atoms with Gasteiger partial charge in [0.05, 0.1) is 0 Å². The first-order chi connectivity index (χ1) is 15.2. The molecule has 5 atom stereocenters. The second-order valence-electron chi connectivity index (χ2n) is 13.6. The first-order valence-electron chi connectivity index (χ1n) is 13.9. The Morgan fingerprint density at radius 3 is 2.36 bits per heavy atom. The highest BCUT2D eigenvalue weighted by Crippen LogP contribution is 2.49. The molecule has 0 bridgehead atoms. The zero-order chi connectivity index (χ0) is 25.0. The number of rotatable bonds is 9. The lowest BCUT2D eigenvalue weighted by molar-refractivity contribution is 0.103. The fourth-order valence-corrected chi connectivity index (χ4v) is 6.15. The van der Waals surface area contributed by atoms with Crippen molar-refractivity contribution in [2.75, 3.05) is 0 Å². The van der Waals surface area contributed by atoms with Gasteiger partial charge >= 0.3 is 0 Å². The van der Waals surface area contributed by atoms with E-state index in [-0.39, 0.29) is 5.41 Å². The Labute approximate surface area is 208 Å². The van der Waals surface area contributed by atoms with E-state index in [1.54, 1.807) is 11.1 Å². The van der Waals surface area contributed by atoms with E-state index in [1.807, 2.05) is 0 Å². The smallest absolute Gasteiger partial charge is 0.00331 e. The van der Waals surface area contributed by atoms with Crippen molar-refractivity contribution in [1.29, 1.82) is 0 Å². The molecule has 0 aromatic rings. The molecule has 0 aromatic carbocycles. The molecule has 5 unspecified atom stereocenters. The third-order valence-electron chi connectivity index (χ3n) is 10.3. The Morgan fingerprint density at radius 1 is 1.12 bits per heavy atom. The molecule has 2 aliphatic carbocycles. The minimum atomic E-state index is 0.0791. The lowest BCUT2D eigenvalue weighted by Gasteiger charge is -2.45. The molecule has 0 spiro atoms. The Morgan fingerprint density at radius 2 is 1.76 bits per heavy atom. The molecule has 0 N–H and O–H groups in total. The largest absolute Gasteiger partial charge is 0.102 e. The molecule has 2 saturated carbocycles. The summed E-state index contributed by atoms with van der Waals surface area (Å²) in [5.74, 6) is 2.89. The minimum absolute atomic E-state index is 0.0791. The monoisotopic (exact) mass is 452 g/mol. The molecule has 188 valence electrons. The maximum Gasteiger partial charge on any atom is 0.00331 e. The maximum atomic E-state index is 4.46. The van der Waals surface area contributed by atoms with Gasteiger partial charge in [-0.2, -0.15) is 0 Å². The summed E-state index contributed by atoms with van der Waals surface area (Å²) in [6, 6.07) is 0. The van der Waals surface area contributed by atoms with Crippen LogP contribution in [0.25, 0.3) is 0 Å². The topological polar surface area (TPSA) is 0 Å². The minimum Gasteiger partial charge on any atom is -0.102 e. The van der Waals surface area contributed by atoms with Crippen molar-refractivity contribution in [2.45, 2.75) is 120 Å². The Balaban J connectivity index is 1.94. The summed E-state index contributed by atoms with van der Waals surface area (Å²) >= 11 is 0. The van der Waals surface area contributed by atoms with Crippen LogP contribution in [-0.4, -0.2) is 0 Å². The molecule has 0 aliphatic heterocycles. The van der Waals surface area contributed by atoms with Gasteiger partial charge in [0, 0.05) is 5.41 Å². The maximum absolute atomic E-state index is 4.46. The Kier molecular flexibility index (Phi) is 9.51. The van der Waals surface area contributed by atoms with Gasteiger partial charge in [0.15, 0.2) is 0 Å². The zero-order valence-electron chi connectivity index (χ0n) is 23.8. The summed E-state index contributed by atoms with van der Waals surface area (Å²) in [7, 11) is 0. The normalized spacial score (nSPS) is 31.8. The van der Waals surface area contributed by atoms with E-state index in [1.165, 1.54) is 56.9 Å². The lowest BCUT2D eigenvalue weighted by atomic mass is 9.60. The highest BCUT2D eigenvalue weighted by atomic mass is 14.4. The van der Waals surface area contributed by atoms with Crippen LogP contribution in [0.5, 0.6) is 0 Å². The van der Waals surface area contributed by atoms with E-state index in [4.69, 9.17) is 0 Å². The second-order valence-corrected chi connectivity index (χ2v) is 13.6. The highest BCUT2D eigenvalue weighted by molar-refractivity contribution is 5.19. The molecule has 0 amide bonds. The van der Waals surface area contributed by atoms with Crippen molar-refractivity contribution in [3.05, 3.63) is 48.1 Å². The third-order valence-corrected chi connectivity index (χ3v) is 10.3. The van der Waals surface area contributed by atoms with Crippen LogP contribution in [0.4, 0.5) is 0 Å². The first-order valence-corrected chi connectivity index (χ1v) is 13.9. The van der Waals surface area contributed by atoms with Gasteiger partial charge < -0.3 is 0 Å². The van der Waals surface area contributed by atoms with Gasteiger partial charge in [-0.05, 0) is 99.2 Å². The van der Waals surface area contributed by atoms with Crippen LogP contribution in [0.1, 0.15) is 120 Å². The quantitative estimate of drug-likeness (QED) is 0.305.